The van der Waals surface area contributed by atoms with Gasteiger partial charge in [0.2, 0.25) is 0 Å². The van der Waals surface area contributed by atoms with E-state index in [1.165, 1.54) is 18.4 Å². The number of hydrogen-bond donors (Lipinski definition) is 2. The van der Waals surface area contributed by atoms with Crippen molar-refractivity contribution < 1.29 is 0 Å². The van der Waals surface area contributed by atoms with Gasteiger partial charge in [-0.25, -0.2) is 0 Å². The van der Waals surface area contributed by atoms with Gasteiger partial charge >= 0.3 is 0 Å². The minimum absolute atomic E-state index is 0.305. The first-order valence-corrected chi connectivity index (χ1v) is 7.93. The summed E-state index contributed by atoms with van der Waals surface area (Å²) in [6, 6.07) is 14.9. The number of aromatic nitrogens is 1. The van der Waals surface area contributed by atoms with Crippen LogP contribution in [-0.2, 0) is 12.0 Å². The maximum Gasteiger partial charge on any atom is 0.191 e. The summed E-state index contributed by atoms with van der Waals surface area (Å²) in [6.07, 6.45) is 6.66. The fourth-order valence-corrected chi connectivity index (χ4v) is 2.81. The molecule has 1 aliphatic rings. The first-order valence-electron chi connectivity index (χ1n) is 7.93. The van der Waals surface area contributed by atoms with Crippen LogP contribution in [-0.4, -0.2) is 30.7 Å². The molecule has 0 saturated heterocycles. The van der Waals surface area contributed by atoms with Crippen LogP contribution < -0.4 is 10.6 Å². The molecule has 0 aliphatic heterocycles. The van der Waals surface area contributed by atoms with Crippen molar-refractivity contribution in [3.8, 4) is 0 Å². The Kier molecular flexibility index (Phi) is 4.47. The standard InChI is InChI=1S/C18H24N4/c1-19-17(20-11-14-22-12-5-6-13-22)21-15-18(9-10-18)16-7-3-2-4-8-16/h2-8,12-13H,9-11,14-15H2,1H3,(H2,19,20,21). The highest BCUT2D eigenvalue weighted by molar-refractivity contribution is 5.79. The number of benzene rings is 1. The van der Waals surface area contributed by atoms with E-state index in [4.69, 9.17) is 0 Å². The lowest BCUT2D eigenvalue weighted by molar-refractivity contribution is 0.629. The molecular weight excluding hydrogens is 272 g/mol. The van der Waals surface area contributed by atoms with E-state index in [1.54, 1.807) is 0 Å². The van der Waals surface area contributed by atoms with Gasteiger partial charge in [0.15, 0.2) is 5.96 Å². The lowest BCUT2D eigenvalue weighted by Crippen LogP contribution is -2.42. The lowest BCUT2D eigenvalue weighted by atomic mass is 9.96. The third-order valence-electron chi connectivity index (χ3n) is 4.39. The Morgan fingerprint density at radius 2 is 1.82 bits per heavy atom. The summed E-state index contributed by atoms with van der Waals surface area (Å²) in [5.74, 6) is 0.884. The molecule has 4 nitrogen and oxygen atoms in total. The van der Waals surface area contributed by atoms with Crippen LogP contribution in [0.5, 0.6) is 0 Å². The van der Waals surface area contributed by atoms with Crippen LogP contribution in [0.25, 0.3) is 0 Å². The minimum atomic E-state index is 0.305. The van der Waals surface area contributed by atoms with Gasteiger partial charge in [-0.05, 0) is 30.5 Å². The zero-order chi connectivity index (χ0) is 15.3. The number of nitrogens with one attached hydrogen (secondary N) is 2. The second-order valence-corrected chi connectivity index (χ2v) is 5.92. The zero-order valence-electron chi connectivity index (χ0n) is 13.1. The Morgan fingerprint density at radius 1 is 1.09 bits per heavy atom. The number of rotatable bonds is 6. The monoisotopic (exact) mass is 296 g/mol. The average Bonchev–Trinajstić information content (AvgIpc) is 3.18. The van der Waals surface area contributed by atoms with E-state index in [2.05, 4.69) is 62.9 Å². The molecule has 0 bridgehead atoms. The van der Waals surface area contributed by atoms with Crippen molar-refractivity contribution in [2.75, 3.05) is 20.1 Å². The van der Waals surface area contributed by atoms with Gasteiger partial charge in [0, 0.05) is 44.5 Å². The van der Waals surface area contributed by atoms with Crippen molar-refractivity contribution in [1.82, 2.24) is 15.2 Å². The van der Waals surface area contributed by atoms with Gasteiger partial charge in [0.05, 0.1) is 0 Å². The van der Waals surface area contributed by atoms with E-state index in [0.29, 0.717) is 5.41 Å². The third-order valence-corrected chi connectivity index (χ3v) is 4.39. The molecule has 4 heteroatoms. The SMILES string of the molecule is CN=C(NCCn1cccc1)NCC1(c2ccccc2)CC1. The molecule has 2 N–H and O–H groups in total. The topological polar surface area (TPSA) is 41.4 Å². The Balaban J connectivity index is 1.47. The van der Waals surface area contributed by atoms with Gasteiger partial charge < -0.3 is 15.2 Å². The maximum absolute atomic E-state index is 4.32. The quantitative estimate of drug-likeness (QED) is 0.635. The van der Waals surface area contributed by atoms with Crippen LogP contribution in [0.2, 0.25) is 0 Å². The number of hydrogen-bond acceptors (Lipinski definition) is 1. The Bertz CT molecular complexity index is 597. The van der Waals surface area contributed by atoms with Gasteiger partial charge in [-0.3, -0.25) is 4.99 Å². The predicted octanol–water partition coefficient (Wildman–Crippen LogP) is 2.38. The summed E-state index contributed by atoms with van der Waals surface area (Å²) in [5, 5.41) is 6.86. The van der Waals surface area contributed by atoms with Gasteiger partial charge in [-0.15, -0.1) is 0 Å². The normalized spacial score (nSPS) is 16.3. The summed E-state index contributed by atoms with van der Waals surface area (Å²) < 4.78 is 2.16. The summed E-state index contributed by atoms with van der Waals surface area (Å²) >= 11 is 0. The molecule has 116 valence electrons. The second-order valence-electron chi connectivity index (χ2n) is 5.92. The van der Waals surface area contributed by atoms with Crippen molar-refractivity contribution in [1.29, 1.82) is 0 Å². The molecule has 1 fully saturated rings. The van der Waals surface area contributed by atoms with Crippen LogP contribution in [0.15, 0.2) is 59.9 Å². The minimum Gasteiger partial charge on any atom is -0.356 e. The first kappa shape index (κ1) is 14.7. The Labute approximate surface area is 132 Å². The van der Waals surface area contributed by atoms with E-state index in [1.807, 2.05) is 19.2 Å². The van der Waals surface area contributed by atoms with Gasteiger partial charge in [0.1, 0.15) is 0 Å². The molecule has 2 aromatic rings. The molecule has 1 aromatic heterocycles. The fraction of sp³-hybridized carbons (Fsp3) is 0.389. The van der Waals surface area contributed by atoms with Crippen molar-refractivity contribution in [3.63, 3.8) is 0 Å². The first-order chi connectivity index (χ1) is 10.8. The highest BCUT2D eigenvalue weighted by Crippen LogP contribution is 2.47. The molecule has 0 spiro atoms. The number of guanidine groups is 1. The molecule has 1 saturated carbocycles. The summed E-state index contributed by atoms with van der Waals surface area (Å²) in [5.41, 5.74) is 1.74. The molecule has 0 radical (unpaired) electrons. The summed E-state index contributed by atoms with van der Waals surface area (Å²) in [7, 11) is 1.83. The Hall–Kier alpha value is -2.23. The maximum atomic E-state index is 4.32. The van der Waals surface area contributed by atoms with Crippen LogP contribution >= 0.6 is 0 Å². The predicted molar refractivity (Wildman–Crippen MR) is 91.2 cm³/mol. The summed E-state index contributed by atoms with van der Waals surface area (Å²) in [4.78, 5) is 4.32. The number of aliphatic imine (C=N–C) groups is 1. The van der Waals surface area contributed by atoms with Crippen molar-refractivity contribution in [2.45, 2.75) is 24.8 Å². The highest BCUT2D eigenvalue weighted by atomic mass is 15.2. The van der Waals surface area contributed by atoms with Crippen LogP contribution in [0, 0.1) is 0 Å². The van der Waals surface area contributed by atoms with Gasteiger partial charge in [0.25, 0.3) is 0 Å². The molecule has 1 aliphatic carbocycles. The molecule has 22 heavy (non-hydrogen) atoms. The molecular formula is C18H24N4. The fourth-order valence-electron chi connectivity index (χ4n) is 2.81. The van der Waals surface area contributed by atoms with E-state index in [0.717, 1.165) is 25.6 Å². The van der Waals surface area contributed by atoms with Crippen LogP contribution in [0.3, 0.4) is 0 Å². The summed E-state index contributed by atoms with van der Waals surface area (Å²) in [6.45, 7) is 2.75. The molecule has 1 heterocycles. The molecule has 0 unspecified atom stereocenters. The van der Waals surface area contributed by atoms with E-state index < -0.39 is 0 Å². The lowest BCUT2D eigenvalue weighted by Gasteiger charge is -2.19. The molecule has 0 atom stereocenters. The smallest absolute Gasteiger partial charge is 0.191 e. The number of nitrogens with zero attached hydrogens (tertiary/aromatic N) is 2. The highest BCUT2D eigenvalue weighted by Gasteiger charge is 2.43. The Morgan fingerprint density at radius 3 is 2.45 bits per heavy atom. The van der Waals surface area contributed by atoms with E-state index >= 15 is 0 Å². The molecule has 1 aromatic carbocycles. The van der Waals surface area contributed by atoms with Crippen LogP contribution in [0.1, 0.15) is 18.4 Å². The molecule has 3 rings (SSSR count). The van der Waals surface area contributed by atoms with E-state index in [9.17, 15) is 0 Å². The van der Waals surface area contributed by atoms with Gasteiger partial charge in [-0.2, -0.15) is 0 Å². The third kappa shape index (κ3) is 3.50. The second kappa shape index (κ2) is 6.69. The van der Waals surface area contributed by atoms with E-state index in [-0.39, 0.29) is 0 Å². The largest absolute Gasteiger partial charge is 0.356 e. The van der Waals surface area contributed by atoms with Crippen molar-refractivity contribution in [2.24, 2.45) is 4.99 Å². The molecule has 0 amide bonds. The van der Waals surface area contributed by atoms with Crippen molar-refractivity contribution >= 4 is 5.96 Å². The van der Waals surface area contributed by atoms with Gasteiger partial charge in [-0.1, -0.05) is 30.3 Å². The zero-order valence-corrected chi connectivity index (χ0v) is 13.1. The van der Waals surface area contributed by atoms with Crippen LogP contribution in [0.4, 0.5) is 0 Å². The van der Waals surface area contributed by atoms with Crippen molar-refractivity contribution in [3.05, 3.63) is 60.4 Å². The average molecular weight is 296 g/mol.